The third kappa shape index (κ3) is 4.93. The standard InChI is InChI=1S/C18H13IN2O3/c1-12(22)24-15-6-4-5-13(10-15)9-14(11-20)18(23)21-17-8-3-2-7-16(17)19/h2-10H,1H3,(H,21,23)/b14-9-. The van der Waals surface area contributed by atoms with Gasteiger partial charge in [0.1, 0.15) is 17.4 Å². The van der Waals surface area contributed by atoms with Crippen LogP contribution in [0, 0.1) is 14.9 Å². The number of benzene rings is 2. The number of anilines is 1. The number of hydrogen-bond acceptors (Lipinski definition) is 4. The maximum atomic E-state index is 12.3. The summed E-state index contributed by atoms with van der Waals surface area (Å²) in [5.41, 5.74) is 1.18. The molecule has 0 spiro atoms. The van der Waals surface area contributed by atoms with E-state index < -0.39 is 11.9 Å². The van der Waals surface area contributed by atoms with Gasteiger partial charge in [0.2, 0.25) is 0 Å². The number of esters is 1. The number of para-hydroxylation sites is 1. The molecule has 0 aliphatic rings. The fraction of sp³-hybridized carbons (Fsp3) is 0.0556. The molecule has 0 aromatic heterocycles. The van der Waals surface area contributed by atoms with Gasteiger partial charge in [0.25, 0.3) is 5.91 Å². The average molecular weight is 432 g/mol. The third-order valence-corrected chi connectivity index (χ3v) is 3.86. The molecule has 0 saturated carbocycles. The Kier molecular flexibility index (Phi) is 6.09. The number of amides is 1. The smallest absolute Gasteiger partial charge is 0.308 e. The van der Waals surface area contributed by atoms with E-state index in [1.807, 2.05) is 18.2 Å². The van der Waals surface area contributed by atoms with Gasteiger partial charge >= 0.3 is 5.97 Å². The Hall–Kier alpha value is -2.66. The van der Waals surface area contributed by atoms with E-state index in [0.717, 1.165) is 3.57 Å². The summed E-state index contributed by atoms with van der Waals surface area (Å²) in [4.78, 5) is 23.3. The van der Waals surface area contributed by atoms with E-state index >= 15 is 0 Å². The highest BCUT2D eigenvalue weighted by molar-refractivity contribution is 14.1. The van der Waals surface area contributed by atoms with E-state index in [9.17, 15) is 14.9 Å². The number of nitriles is 1. The number of carbonyl (C=O) groups excluding carboxylic acids is 2. The van der Waals surface area contributed by atoms with Crippen molar-refractivity contribution in [2.75, 3.05) is 5.32 Å². The number of nitrogens with zero attached hydrogens (tertiary/aromatic N) is 1. The summed E-state index contributed by atoms with van der Waals surface area (Å²) in [7, 11) is 0. The lowest BCUT2D eigenvalue weighted by molar-refractivity contribution is -0.131. The molecule has 0 radical (unpaired) electrons. The quantitative estimate of drug-likeness (QED) is 0.262. The summed E-state index contributed by atoms with van der Waals surface area (Å²) < 4.78 is 5.86. The van der Waals surface area contributed by atoms with Gasteiger partial charge in [-0.3, -0.25) is 9.59 Å². The molecule has 2 aromatic carbocycles. The molecule has 2 rings (SSSR count). The Balaban J connectivity index is 2.23. The van der Waals surface area contributed by atoms with Crippen LogP contribution in [0.25, 0.3) is 6.08 Å². The van der Waals surface area contributed by atoms with Crippen LogP contribution < -0.4 is 10.1 Å². The molecule has 0 aliphatic carbocycles. The molecule has 6 heteroatoms. The van der Waals surface area contributed by atoms with Gasteiger partial charge in [-0.15, -0.1) is 0 Å². The molecule has 0 fully saturated rings. The second-order valence-corrected chi connectivity index (χ2v) is 5.93. The molecule has 2 aromatic rings. The highest BCUT2D eigenvalue weighted by atomic mass is 127. The Bertz CT molecular complexity index is 853. The Morgan fingerprint density at radius 1 is 1.21 bits per heavy atom. The predicted octanol–water partition coefficient (Wildman–Crippen LogP) is 3.76. The first kappa shape index (κ1) is 17.7. The summed E-state index contributed by atoms with van der Waals surface area (Å²) in [5.74, 6) is -0.584. The summed E-state index contributed by atoms with van der Waals surface area (Å²) >= 11 is 2.10. The van der Waals surface area contributed by atoms with E-state index in [2.05, 4.69) is 27.9 Å². The van der Waals surface area contributed by atoms with Crippen LogP contribution in [-0.4, -0.2) is 11.9 Å². The Morgan fingerprint density at radius 3 is 2.62 bits per heavy atom. The minimum Gasteiger partial charge on any atom is -0.427 e. The number of nitrogens with one attached hydrogen (secondary N) is 1. The molecule has 0 unspecified atom stereocenters. The fourth-order valence-electron chi connectivity index (χ4n) is 1.90. The van der Waals surface area contributed by atoms with Crippen LogP contribution in [0.15, 0.2) is 54.1 Å². The van der Waals surface area contributed by atoms with Crippen LogP contribution in [0.2, 0.25) is 0 Å². The first-order valence-corrected chi connectivity index (χ1v) is 8.03. The van der Waals surface area contributed by atoms with Crippen molar-refractivity contribution in [3.63, 3.8) is 0 Å². The number of hydrogen-bond donors (Lipinski definition) is 1. The highest BCUT2D eigenvalue weighted by Gasteiger charge is 2.11. The van der Waals surface area contributed by atoms with Crippen molar-refractivity contribution in [2.45, 2.75) is 6.92 Å². The number of carbonyl (C=O) groups is 2. The van der Waals surface area contributed by atoms with Gasteiger partial charge in [-0.2, -0.15) is 5.26 Å². The van der Waals surface area contributed by atoms with Gasteiger partial charge in [0.05, 0.1) is 5.69 Å². The minimum atomic E-state index is -0.500. The number of halogens is 1. The molecule has 1 N–H and O–H groups in total. The van der Waals surface area contributed by atoms with Crippen molar-refractivity contribution in [2.24, 2.45) is 0 Å². The van der Waals surface area contributed by atoms with Crippen molar-refractivity contribution in [1.29, 1.82) is 5.26 Å². The van der Waals surface area contributed by atoms with Crippen LogP contribution in [0.4, 0.5) is 5.69 Å². The van der Waals surface area contributed by atoms with Crippen molar-refractivity contribution >= 4 is 46.2 Å². The Morgan fingerprint density at radius 2 is 1.96 bits per heavy atom. The summed E-state index contributed by atoms with van der Waals surface area (Å²) in [6.07, 6.45) is 1.44. The molecular weight excluding hydrogens is 419 g/mol. The summed E-state index contributed by atoms with van der Waals surface area (Å²) in [6.45, 7) is 1.30. The van der Waals surface area contributed by atoms with Crippen molar-refractivity contribution in [3.8, 4) is 11.8 Å². The SMILES string of the molecule is CC(=O)Oc1cccc(/C=C(/C#N)C(=O)Nc2ccccc2I)c1. The number of rotatable bonds is 4. The molecular formula is C18H13IN2O3. The number of ether oxygens (including phenoxy) is 1. The van der Waals surface area contributed by atoms with E-state index in [4.69, 9.17) is 4.74 Å². The van der Waals surface area contributed by atoms with Crippen molar-refractivity contribution in [1.82, 2.24) is 0 Å². The van der Waals surface area contributed by atoms with Gasteiger partial charge < -0.3 is 10.1 Å². The van der Waals surface area contributed by atoms with Crippen LogP contribution in [0.3, 0.4) is 0 Å². The molecule has 120 valence electrons. The summed E-state index contributed by atoms with van der Waals surface area (Å²) in [6, 6.07) is 15.8. The molecule has 1 amide bonds. The molecule has 5 nitrogen and oxygen atoms in total. The first-order chi connectivity index (χ1) is 11.5. The lowest BCUT2D eigenvalue weighted by Crippen LogP contribution is -2.14. The van der Waals surface area contributed by atoms with Crippen LogP contribution in [0.5, 0.6) is 5.75 Å². The van der Waals surface area contributed by atoms with Crippen LogP contribution >= 0.6 is 22.6 Å². The molecule has 0 heterocycles. The average Bonchev–Trinajstić information content (AvgIpc) is 2.54. The van der Waals surface area contributed by atoms with Crippen molar-refractivity contribution < 1.29 is 14.3 Å². The zero-order chi connectivity index (χ0) is 17.5. The van der Waals surface area contributed by atoms with E-state index in [1.54, 1.807) is 36.4 Å². The zero-order valence-electron chi connectivity index (χ0n) is 12.7. The van der Waals surface area contributed by atoms with Gasteiger partial charge in [-0.05, 0) is 58.5 Å². The fourth-order valence-corrected chi connectivity index (χ4v) is 2.42. The maximum Gasteiger partial charge on any atom is 0.308 e. The highest BCUT2D eigenvalue weighted by Crippen LogP contribution is 2.19. The second kappa shape index (κ2) is 8.26. The predicted molar refractivity (Wildman–Crippen MR) is 99.1 cm³/mol. The van der Waals surface area contributed by atoms with Crippen LogP contribution in [-0.2, 0) is 9.59 Å². The molecule has 0 bridgehead atoms. The summed E-state index contributed by atoms with van der Waals surface area (Å²) in [5, 5.41) is 12.0. The third-order valence-electron chi connectivity index (χ3n) is 2.92. The monoisotopic (exact) mass is 432 g/mol. The lowest BCUT2D eigenvalue weighted by Gasteiger charge is -2.06. The topological polar surface area (TPSA) is 79.2 Å². The van der Waals surface area contributed by atoms with Gasteiger partial charge in [-0.25, -0.2) is 0 Å². The van der Waals surface area contributed by atoms with Gasteiger partial charge in [0.15, 0.2) is 0 Å². The van der Waals surface area contributed by atoms with E-state index in [0.29, 0.717) is 17.0 Å². The maximum absolute atomic E-state index is 12.3. The van der Waals surface area contributed by atoms with Gasteiger partial charge in [-0.1, -0.05) is 24.3 Å². The first-order valence-electron chi connectivity index (χ1n) is 6.96. The molecule has 0 atom stereocenters. The lowest BCUT2D eigenvalue weighted by atomic mass is 10.1. The van der Waals surface area contributed by atoms with Crippen molar-refractivity contribution in [3.05, 3.63) is 63.2 Å². The largest absolute Gasteiger partial charge is 0.427 e. The normalized spacial score (nSPS) is 10.6. The molecule has 24 heavy (non-hydrogen) atoms. The second-order valence-electron chi connectivity index (χ2n) is 4.77. The van der Waals surface area contributed by atoms with E-state index in [-0.39, 0.29) is 5.57 Å². The zero-order valence-corrected chi connectivity index (χ0v) is 14.9. The van der Waals surface area contributed by atoms with Crippen LogP contribution in [0.1, 0.15) is 12.5 Å². The van der Waals surface area contributed by atoms with Gasteiger partial charge in [0, 0.05) is 10.5 Å². The molecule has 0 aliphatic heterocycles. The Labute approximate surface area is 153 Å². The van der Waals surface area contributed by atoms with E-state index in [1.165, 1.54) is 13.0 Å². The molecule has 0 saturated heterocycles. The minimum absolute atomic E-state index is 0.0466.